The minimum atomic E-state index is -3.32. The number of para-hydroxylation sites is 1. The van der Waals surface area contributed by atoms with Gasteiger partial charge >= 0.3 is 0 Å². The van der Waals surface area contributed by atoms with Gasteiger partial charge in [-0.15, -0.1) is 0 Å². The summed E-state index contributed by atoms with van der Waals surface area (Å²) in [6.07, 6.45) is 1.38. The van der Waals surface area contributed by atoms with E-state index in [1.54, 1.807) is 12.1 Å². The van der Waals surface area contributed by atoms with Crippen LogP contribution in [0.1, 0.15) is 18.4 Å². The summed E-state index contributed by atoms with van der Waals surface area (Å²) >= 11 is 0. The molecule has 1 heterocycles. The van der Waals surface area contributed by atoms with Crippen molar-refractivity contribution in [1.82, 2.24) is 9.62 Å². The van der Waals surface area contributed by atoms with Crippen LogP contribution in [0.2, 0.25) is 0 Å². The highest BCUT2D eigenvalue weighted by Gasteiger charge is 2.29. The van der Waals surface area contributed by atoms with E-state index in [1.165, 1.54) is 37.4 Å². The van der Waals surface area contributed by atoms with Crippen molar-refractivity contribution in [3.05, 3.63) is 59.7 Å². The second-order valence-corrected chi connectivity index (χ2v) is 8.71. The molecule has 0 saturated carbocycles. The van der Waals surface area contributed by atoms with Crippen LogP contribution < -0.4 is 9.46 Å². The first kappa shape index (κ1) is 19.7. The summed E-state index contributed by atoms with van der Waals surface area (Å²) in [4.78, 5) is 2.00. The van der Waals surface area contributed by atoms with E-state index < -0.39 is 26.9 Å². The third-order valence-electron chi connectivity index (χ3n) is 4.64. The van der Waals surface area contributed by atoms with Crippen LogP contribution in [-0.2, 0) is 16.6 Å². The molecule has 1 fully saturated rings. The molecule has 8 heteroatoms. The number of hydrogen-bond acceptors (Lipinski definition) is 4. The number of piperidine rings is 1. The summed E-state index contributed by atoms with van der Waals surface area (Å²) in [7, 11) is -1.91. The average molecular weight is 396 g/mol. The van der Waals surface area contributed by atoms with Gasteiger partial charge in [-0.05, 0) is 56.3 Å². The molecule has 0 amide bonds. The number of likely N-dealkylation sites (tertiary alicyclic amines) is 1. The van der Waals surface area contributed by atoms with Gasteiger partial charge in [-0.1, -0.05) is 18.2 Å². The number of ether oxygens (including phenoxy) is 1. The van der Waals surface area contributed by atoms with Crippen LogP contribution in [0.4, 0.5) is 8.78 Å². The molecular formula is C19H22F2N2O3S. The lowest BCUT2D eigenvalue weighted by molar-refractivity contribution is 0.221. The Hall–Kier alpha value is -2.03. The highest BCUT2D eigenvalue weighted by atomic mass is 32.2. The molecule has 1 unspecified atom stereocenters. The zero-order chi connectivity index (χ0) is 19.4. The van der Waals surface area contributed by atoms with E-state index in [4.69, 9.17) is 4.74 Å². The standard InChI is InChI=1S/C19H22F2N2O3S/c1-22-27(24,25)15-5-4-10-23(13-15)12-14-8-9-19(17(21)11-14)26-18-7-3-2-6-16(18)20/h2-3,6-9,11,15,22H,4-5,10,12-13H2,1H3. The van der Waals surface area contributed by atoms with Gasteiger partial charge in [0.25, 0.3) is 0 Å². The SMILES string of the molecule is CNS(=O)(=O)C1CCCN(Cc2ccc(Oc3ccccc3F)c(F)c2)C1. The Kier molecular flexibility index (Phi) is 6.08. The van der Waals surface area contributed by atoms with Crippen LogP contribution in [0.5, 0.6) is 11.5 Å². The molecule has 5 nitrogen and oxygen atoms in total. The quantitative estimate of drug-likeness (QED) is 0.814. The monoisotopic (exact) mass is 396 g/mol. The first-order valence-corrected chi connectivity index (χ1v) is 10.3. The second kappa shape index (κ2) is 8.33. The van der Waals surface area contributed by atoms with Crippen LogP contribution in [0.3, 0.4) is 0 Å². The molecule has 146 valence electrons. The number of hydrogen-bond donors (Lipinski definition) is 1. The number of nitrogens with one attached hydrogen (secondary N) is 1. The Morgan fingerprint density at radius 2 is 1.89 bits per heavy atom. The Morgan fingerprint density at radius 3 is 2.59 bits per heavy atom. The number of rotatable bonds is 6. The fraction of sp³-hybridized carbons (Fsp3) is 0.368. The van der Waals surface area contributed by atoms with Crippen LogP contribution in [0, 0.1) is 11.6 Å². The van der Waals surface area contributed by atoms with Crippen molar-refractivity contribution in [1.29, 1.82) is 0 Å². The lowest BCUT2D eigenvalue weighted by Crippen LogP contribution is -2.45. The van der Waals surface area contributed by atoms with Crippen LogP contribution in [0.15, 0.2) is 42.5 Å². The summed E-state index contributed by atoms with van der Waals surface area (Å²) in [6, 6.07) is 10.3. The van der Waals surface area contributed by atoms with Crippen molar-refractivity contribution in [2.75, 3.05) is 20.1 Å². The molecule has 0 aliphatic carbocycles. The van der Waals surface area contributed by atoms with E-state index in [0.29, 0.717) is 25.1 Å². The van der Waals surface area contributed by atoms with E-state index in [0.717, 1.165) is 13.0 Å². The predicted molar refractivity (Wildman–Crippen MR) is 99.2 cm³/mol. The lowest BCUT2D eigenvalue weighted by Gasteiger charge is -2.32. The molecule has 1 saturated heterocycles. The zero-order valence-corrected chi connectivity index (χ0v) is 15.8. The summed E-state index contributed by atoms with van der Waals surface area (Å²) in [6.45, 7) is 1.59. The highest BCUT2D eigenvalue weighted by Crippen LogP contribution is 2.28. The zero-order valence-electron chi connectivity index (χ0n) is 15.0. The summed E-state index contributed by atoms with van der Waals surface area (Å²) in [5.41, 5.74) is 0.705. The second-order valence-electron chi connectivity index (χ2n) is 6.55. The van der Waals surface area contributed by atoms with Crippen LogP contribution >= 0.6 is 0 Å². The number of sulfonamides is 1. The van der Waals surface area contributed by atoms with Crippen molar-refractivity contribution < 1.29 is 21.9 Å². The van der Waals surface area contributed by atoms with Gasteiger partial charge in [0, 0.05) is 13.1 Å². The first-order chi connectivity index (χ1) is 12.9. The molecule has 0 bridgehead atoms. The minimum absolute atomic E-state index is 0.0414. The lowest BCUT2D eigenvalue weighted by atomic mass is 10.1. The summed E-state index contributed by atoms with van der Waals surface area (Å²) < 4.78 is 59.7. The largest absolute Gasteiger partial charge is 0.451 e. The summed E-state index contributed by atoms with van der Waals surface area (Å²) in [5.74, 6) is -1.25. The smallest absolute Gasteiger partial charge is 0.215 e. The number of halogens is 2. The Morgan fingerprint density at radius 1 is 1.15 bits per heavy atom. The normalized spacial score (nSPS) is 18.4. The van der Waals surface area contributed by atoms with Gasteiger partial charge in [0.05, 0.1) is 5.25 Å². The molecule has 1 atom stereocenters. The Bertz CT molecular complexity index is 906. The fourth-order valence-electron chi connectivity index (χ4n) is 3.21. The fourth-order valence-corrected chi connectivity index (χ4v) is 4.42. The topological polar surface area (TPSA) is 58.6 Å². The van der Waals surface area contributed by atoms with Gasteiger partial charge in [-0.3, -0.25) is 4.90 Å². The first-order valence-electron chi connectivity index (χ1n) is 8.74. The van der Waals surface area contributed by atoms with Gasteiger partial charge in [-0.25, -0.2) is 21.9 Å². The molecule has 0 radical (unpaired) electrons. The van der Waals surface area contributed by atoms with Gasteiger partial charge in [0.1, 0.15) is 0 Å². The average Bonchev–Trinajstić information content (AvgIpc) is 2.66. The Balaban J connectivity index is 1.68. The van der Waals surface area contributed by atoms with E-state index in [9.17, 15) is 17.2 Å². The van der Waals surface area contributed by atoms with E-state index in [-0.39, 0.29) is 11.5 Å². The predicted octanol–water partition coefficient (Wildman–Crippen LogP) is 3.27. The maximum atomic E-state index is 14.4. The maximum Gasteiger partial charge on any atom is 0.215 e. The molecule has 27 heavy (non-hydrogen) atoms. The highest BCUT2D eigenvalue weighted by molar-refractivity contribution is 7.90. The van der Waals surface area contributed by atoms with Gasteiger partial charge in [0.2, 0.25) is 10.0 Å². The van der Waals surface area contributed by atoms with E-state index in [1.807, 2.05) is 4.90 Å². The van der Waals surface area contributed by atoms with Gasteiger partial charge in [0.15, 0.2) is 23.1 Å². The maximum absolute atomic E-state index is 14.4. The van der Waals surface area contributed by atoms with E-state index >= 15 is 0 Å². The molecule has 0 aromatic heterocycles. The summed E-state index contributed by atoms with van der Waals surface area (Å²) in [5, 5.41) is -0.468. The molecule has 1 N–H and O–H groups in total. The van der Waals surface area contributed by atoms with Gasteiger partial charge in [-0.2, -0.15) is 0 Å². The van der Waals surface area contributed by atoms with Crippen molar-refractivity contribution in [3.63, 3.8) is 0 Å². The van der Waals surface area contributed by atoms with Crippen molar-refractivity contribution in [2.24, 2.45) is 0 Å². The van der Waals surface area contributed by atoms with Crippen molar-refractivity contribution >= 4 is 10.0 Å². The van der Waals surface area contributed by atoms with Crippen LogP contribution in [-0.4, -0.2) is 38.7 Å². The molecule has 2 aromatic carbocycles. The third kappa shape index (κ3) is 4.82. The molecule has 3 rings (SSSR count). The molecule has 0 spiro atoms. The Labute approximate surface area is 158 Å². The molecule has 1 aliphatic rings. The van der Waals surface area contributed by atoms with Crippen molar-refractivity contribution in [2.45, 2.75) is 24.6 Å². The van der Waals surface area contributed by atoms with E-state index in [2.05, 4.69) is 4.72 Å². The third-order valence-corrected chi connectivity index (χ3v) is 6.48. The molecular weight excluding hydrogens is 374 g/mol. The van der Waals surface area contributed by atoms with Crippen molar-refractivity contribution in [3.8, 4) is 11.5 Å². The molecule has 2 aromatic rings. The van der Waals surface area contributed by atoms with Crippen LogP contribution in [0.25, 0.3) is 0 Å². The minimum Gasteiger partial charge on any atom is -0.451 e. The van der Waals surface area contributed by atoms with Gasteiger partial charge < -0.3 is 4.74 Å². The molecule has 1 aliphatic heterocycles. The number of nitrogens with zero attached hydrogens (tertiary/aromatic N) is 1. The number of benzene rings is 2.